The van der Waals surface area contributed by atoms with Gasteiger partial charge in [-0.15, -0.1) is 0 Å². The summed E-state index contributed by atoms with van der Waals surface area (Å²) in [5, 5.41) is 3.27. The molecule has 2 nitrogen and oxygen atoms in total. The van der Waals surface area contributed by atoms with Gasteiger partial charge in [0, 0.05) is 16.2 Å². The predicted octanol–water partition coefficient (Wildman–Crippen LogP) is 4.92. The van der Waals surface area contributed by atoms with Gasteiger partial charge in [0.2, 0.25) is 0 Å². The van der Waals surface area contributed by atoms with Gasteiger partial charge < -0.3 is 0 Å². The monoisotopic (exact) mass is 291 g/mol. The van der Waals surface area contributed by atoms with Crippen molar-refractivity contribution in [1.82, 2.24) is 4.98 Å². The van der Waals surface area contributed by atoms with Crippen LogP contribution in [0.3, 0.4) is 0 Å². The first kappa shape index (κ1) is 12.3. The number of fused-ring (bicyclic) bond motifs is 4. The van der Waals surface area contributed by atoms with Crippen molar-refractivity contribution in [1.29, 1.82) is 0 Å². The number of hydrogen-bond donors (Lipinski definition) is 0. The van der Waals surface area contributed by atoms with E-state index < -0.39 is 5.24 Å². The van der Waals surface area contributed by atoms with Crippen LogP contribution in [0.25, 0.3) is 32.6 Å². The molecule has 1 aromatic heterocycles. The summed E-state index contributed by atoms with van der Waals surface area (Å²) < 4.78 is 0. The Morgan fingerprint density at radius 1 is 0.810 bits per heavy atom. The average molecular weight is 292 g/mol. The van der Waals surface area contributed by atoms with Gasteiger partial charge in [0.05, 0.1) is 16.6 Å². The number of para-hydroxylation sites is 1. The molecule has 0 spiro atoms. The number of aromatic nitrogens is 1. The summed E-state index contributed by atoms with van der Waals surface area (Å²) in [6.07, 6.45) is 0. The fourth-order valence-corrected chi connectivity index (χ4v) is 3.04. The van der Waals surface area contributed by atoms with Crippen LogP contribution in [0.1, 0.15) is 10.4 Å². The Kier molecular flexibility index (Phi) is 2.66. The highest BCUT2D eigenvalue weighted by Crippen LogP contribution is 2.31. The molecule has 100 valence electrons. The molecule has 21 heavy (non-hydrogen) atoms. The van der Waals surface area contributed by atoms with Crippen molar-refractivity contribution in [2.45, 2.75) is 0 Å². The molecule has 0 N–H and O–H groups in total. The summed E-state index contributed by atoms with van der Waals surface area (Å²) in [7, 11) is 0. The third-order valence-electron chi connectivity index (χ3n) is 3.77. The minimum absolute atomic E-state index is 0.450. The van der Waals surface area contributed by atoms with E-state index in [1.54, 1.807) is 0 Å². The molecule has 1 heterocycles. The standard InChI is InChI=1S/C18H10ClNO/c19-18(21)16-13-7-3-4-8-15(13)20-17-12-6-2-1-5-11(12)9-10-14(16)17/h1-10H. The Morgan fingerprint density at radius 3 is 2.33 bits per heavy atom. The quantitative estimate of drug-likeness (QED) is 0.283. The molecule has 0 amide bonds. The highest BCUT2D eigenvalue weighted by molar-refractivity contribution is 6.69. The number of halogens is 1. The second kappa shape index (κ2) is 4.54. The van der Waals surface area contributed by atoms with E-state index in [2.05, 4.69) is 0 Å². The van der Waals surface area contributed by atoms with Gasteiger partial charge in [0.15, 0.2) is 0 Å². The highest BCUT2D eigenvalue weighted by atomic mass is 35.5. The van der Waals surface area contributed by atoms with Crippen molar-refractivity contribution in [3.05, 3.63) is 66.2 Å². The van der Waals surface area contributed by atoms with E-state index in [-0.39, 0.29) is 0 Å². The molecule has 3 aromatic carbocycles. The number of carbonyl (C=O) groups is 1. The van der Waals surface area contributed by atoms with Crippen LogP contribution in [0.2, 0.25) is 0 Å². The summed E-state index contributed by atoms with van der Waals surface area (Å²) in [6, 6.07) is 19.5. The molecule has 0 unspecified atom stereocenters. The molecule has 0 saturated carbocycles. The molecule has 0 aliphatic heterocycles. The van der Waals surface area contributed by atoms with E-state index in [1.165, 1.54) is 0 Å². The molecule has 0 fully saturated rings. The molecule has 4 aromatic rings. The van der Waals surface area contributed by atoms with Gasteiger partial charge in [-0.3, -0.25) is 4.79 Å². The first-order valence-corrected chi connectivity index (χ1v) is 7.03. The number of nitrogens with zero attached hydrogens (tertiary/aromatic N) is 1. The van der Waals surface area contributed by atoms with E-state index in [1.807, 2.05) is 60.7 Å². The van der Waals surface area contributed by atoms with Gasteiger partial charge in [-0.2, -0.15) is 0 Å². The maximum Gasteiger partial charge on any atom is 0.253 e. The summed E-state index contributed by atoms with van der Waals surface area (Å²) in [5.74, 6) is 0. The third kappa shape index (κ3) is 1.80. The Balaban J connectivity index is 2.33. The van der Waals surface area contributed by atoms with Crippen LogP contribution >= 0.6 is 11.6 Å². The van der Waals surface area contributed by atoms with Crippen LogP contribution in [0, 0.1) is 0 Å². The first-order chi connectivity index (χ1) is 10.3. The summed E-state index contributed by atoms with van der Waals surface area (Å²) in [4.78, 5) is 16.7. The number of carbonyl (C=O) groups excluding carboxylic acids is 1. The van der Waals surface area contributed by atoms with Crippen molar-refractivity contribution in [2.24, 2.45) is 0 Å². The zero-order valence-electron chi connectivity index (χ0n) is 11.0. The van der Waals surface area contributed by atoms with Crippen LogP contribution < -0.4 is 0 Å². The van der Waals surface area contributed by atoms with Gasteiger partial charge in [0.1, 0.15) is 0 Å². The predicted molar refractivity (Wildman–Crippen MR) is 86.9 cm³/mol. The number of rotatable bonds is 1. The normalized spacial score (nSPS) is 11.3. The van der Waals surface area contributed by atoms with Crippen LogP contribution in [-0.2, 0) is 0 Å². The lowest BCUT2D eigenvalue weighted by atomic mass is 9.99. The van der Waals surface area contributed by atoms with Crippen molar-refractivity contribution in [3.63, 3.8) is 0 Å². The highest BCUT2D eigenvalue weighted by Gasteiger charge is 2.15. The smallest absolute Gasteiger partial charge is 0.253 e. The molecule has 0 atom stereocenters. The van der Waals surface area contributed by atoms with Gasteiger partial charge in [-0.25, -0.2) is 4.98 Å². The van der Waals surface area contributed by atoms with Crippen molar-refractivity contribution in [3.8, 4) is 0 Å². The maximum absolute atomic E-state index is 11.9. The van der Waals surface area contributed by atoms with Crippen molar-refractivity contribution < 1.29 is 4.79 Å². The molecule has 0 saturated heterocycles. The van der Waals surface area contributed by atoms with Gasteiger partial charge >= 0.3 is 0 Å². The van der Waals surface area contributed by atoms with Gasteiger partial charge in [-0.05, 0) is 23.1 Å². The van der Waals surface area contributed by atoms with E-state index in [0.29, 0.717) is 5.56 Å². The van der Waals surface area contributed by atoms with E-state index in [9.17, 15) is 4.79 Å². The SMILES string of the molecule is O=C(Cl)c1c2ccccc2nc2c1ccc1ccccc12. The second-order valence-corrected chi connectivity index (χ2v) is 5.30. The van der Waals surface area contributed by atoms with Crippen molar-refractivity contribution in [2.75, 3.05) is 0 Å². The zero-order valence-corrected chi connectivity index (χ0v) is 11.8. The van der Waals surface area contributed by atoms with E-state index >= 15 is 0 Å². The number of benzene rings is 3. The average Bonchev–Trinajstić information content (AvgIpc) is 2.52. The van der Waals surface area contributed by atoms with Crippen LogP contribution in [0.4, 0.5) is 0 Å². The summed E-state index contributed by atoms with van der Waals surface area (Å²) in [6.45, 7) is 0. The molecule has 0 aliphatic rings. The largest absolute Gasteiger partial charge is 0.276 e. The van der Waals surface area contributed by atoms with Crippen LogP contribution in [-0.4, -0.2) is 10.2 Å². The molecule has 3 heteroatoms. The lowest BCUT2D eigenvalue weighted by molar-refractivity contribution is 0.108. The van der Waals surface area contributed by atoms with Crippen LogP contribution in [0.15, 0.2) is 60.7 Å². The molecule has 0 bridgehead atoms. The molecule has 0 aliphatic carbocycles. The summed E-state index contributed by atoms with van der Waals surface area (Å²) >= 11 is 5.85. The minimum Gasteiger partial charge on any atom is -0.276 e. The Bertz CT molecular complexity index is 1020. The molecule has 4 rings (SSSR count). The third-order valence-corrected chi connectivity index (χ3v) is 3.96. The van der Waals surface area contributed by atoms with E-state index in [0.717, 1.165) is 32.6 Å². The fraction of sp³-hybridized carbons (Fsp3) is 0. The Hall–Kier alpha value is -2.45. The Labute approximate surface area is 126 Å². The van der Waals surface area contributed by atoms with Crippen molar-refractivity contribution >= 4 is 49.4 Å². The molecular formula is C18H10ClNO. The van der Waals surface area contributed by atoms with E-state index in [4.69, 9.17) is 16.6 Å². The fourth-order valence-electron chi connectivity index (χ4n) is 2.84. The summed E-state index contributed by atoms with van der Waals surface area (Å²) in [5.41, 5.74) is 2.13. The second-order valence-electron chi connectivity index (χ2n) is 4.96. The van der Waals surface area contributed by atoms with Crippen LogP contribution in [0.5, 0.6) is 0 Å². The van der Waals surface area contributed by atoms with Gasteiger partial charge in [0.25, 0.3) is 5.24 Å². The Morgan fingerprint density at radius 2 is 1.52 bits per heavy atom. The lowest BCUT2D eigenvalue weighted by Gasteiger charge is -2.09. The number of hydrogen-bond acceptors (Lipinski definition) is 2. The molecule has 0 radical (unpaired) electrons. The maximum atomic E-state index is 11.9. The number of pyridine rings is 1. The topological polar surface area (TPSA) is 30.0 Å². The zero-order chi connectivity index (χ0) is 14.4. The molecular weight excluding hydrogens is 282 g/mol. The minimum atomic E-state index is -0.450. The lowest BCUT2D eigenvalue weighted by Crippen LogP contribution is -1.96. The first-order valence-electron chi connectivity index (χ1n) is 6.66. The van der Waals surface area contributed by atoms with Gasteiger partial charge in [-0.1, -0.05) is 54.6 Å².